The lowest BCUT2D eigenvalue weighted by Crippen LogP contribution is -2.36. The third-order valence-electron chi connectivity index (χ3n) is 3.45. The number of aromatic nitrogens is 2. The van der Waals surface area contributed by atoms with Crippen LogP contribution in [-0.4, -0.2) is 35.2 Å². The number of hydrogen-bond donors (Lipinski definition) is 2. The minimum atomic E-state index is -0.131. The number of amides is 1. The van der Waals surface area contributed by atoms with E-state index in [0.717, 1.165) is 19.5 Å². The highest BCUT2D eigenvalue weighted by molar-refractivity contribution is 5.97. The number of aryl methyl sites for hydroxylation is 1. The van der Waals surface area contributed by atoms with Gasteiger partial charge in [0.25, 0.3) is 5.91 Å². The average molecular weight is 339 g/mol. The second-order valence-electron chi connectivity index (χ2n) is 5.18. The van der Waals surface area contributed by atoms with Crippen LogP contribution in [0.5, 0.6) is 5.75 Å². The molecule has 2 N–H and O–H groups in total. The predicted octanol–water partition coefficient (Wildman–Crippen LogP) is 1.47. The molecule has 1 aliphatic heterocycles. The van der Waals surface area contributed by atoms with E-state index in [4.69, 9.17) is 9.26 Å². The van der Waals surface area contributed by atoms with Crippen LogP contribution < -0.4 is 15.4 Å². The minimum absolute atomic E-state index is 0. The molecule has 1 aromatic heterocycles. The summed E-state index contributed by atoms with van der Waals surface area (Å²) < 4.78 is 10.6. The van der Waals surface area contributed by atoms with Gasteiger partial charge in [0.1, 0.15) is 5.75 Å². The van der Waals surface area contributed by atoms with E-state index in [1.165, 1.54) is 0 Å². The number of nitrogens with zero attached hydrogens (tertiary/aromatic N) is 2. The van der Waals surface area contributed by atoms with Gasteiger partial charge in [-0.3, -0.25) is 4.79 Å². The summed E-state index contributed by atoms with van der Waals surface area (Å²) in [6, 6.07) is 7.31. The Labute approximate surface area is 140 Å². The Morgan fingerprint density at radius 1 is 1.48 bits per heavy atom. The molecular formula is C15H19ClN4O3. The molecule has 2 aromatic rings. The van der Waals surface area contributed by atoms with Crippen molar-refractivity contribution in [2.45, 2.75) is 26.0 Å². The summed E-state index contributed by atoms with van der Waals surface area (Å²) >= 11 is 0. The van der Waals surface area contributed by atoms with Gasteiger partial charge in [0, 0.05) is 19.5 Å². The Morgan fingerprint density at radius 3 is 3.00 bits per heavy atom. The maximum Gasteiger partial charge on any atom is 0.255 e. The molecule has 0 spiro atoms. The first-order valence-corrected chi connectivity index (χ1v) is 7.25. The normalized spacial score (nSPS) is 16.7. The zero-order valence-corrected chi connectivity index (χ0v) is 13.6. The second-order valence-corrected chi connectivity index (χ2v) is 5.18. The number of hydrogen-bond acceptors (Lipinski definition) is 6. The van der Waals surface area contributed by atoms with Crippen LogP contribution in [0.3, 0.4) is 0 Å². The molecule has 0 saturated carbocycles. The summed E-state index contributed by atoms with van der Waals surface area (Å²) in [5, 5.41) is 10.00. The third kappa shape index (κ3) is 4.43. The van der Waals surface area contributed by atoms with Crippen molar-refractivity contribution in [3.8, 4) is 5.75 Å². The highest BCUT2D eigenvalue weighted by Gasteiger charge is 2.19. The molecule has 1 saturated heterocycles. The quantitative estimate of drug-likeness (QED) is 0.858. The smallest absolute Gasteiger partial charge is 0.255 e. The molecule has 1 fully saturated rings. The second kappa shape index (κ2) is 7.94. The predicted molar refractivity (Wildman–Crippen MR) is 85.8 cm³/mol. The van der Waals surface area contributed by atoms with E-state index in [2.05, 4.69) is 20.8 Å². The molecule has 1 aromatic carbocycles. The van der Waals surface area contributed by atoms with E-state index in [0.29, 0.717) is 23.0 Å². The SMILES string of the molecule is Cc1nc(COc2ccccc2C(=O)NC2CCNC2)no1.Cl. The molecular weight excluding hydrogens is 320 g/mol. The molecule has 1 unspecified atom stereocenters. The fourth-order valence-electron chi connectivity index (χ4n) is 2.36. The highest BCUT2D eigenvalue weighted by atomic mass is 35.5. The van der Waals surface area contributed by atoms with Crippen molar-refractivity contribution in [3.63, 3.8) is 0 Å². The summed E-state index contributed by atoms with van der Waals surface area (Å²) in [7, 11) is 0. The van der Waals surface area contributed by atoms with Gasteiger partial charge in [-0.15, -0.1) is 12.4 Å². The van der Waals surface area contributed by atoms with E-state index in [1.54, 1.807) is 19.1 Å². The Hall–Kier alpha value is -2.12. The van der Waals surface area contributed by atoms with Gasteiger partial charge < -0.3 is 19.9 Å². The number of ether oxygens (including phenoxy) is 1. The molecule has 0 radical (unpaired) electrons. The summed E-state index contributed by atoms with van der Waals surface area (Å²) in [5.74, 6) is 1.31. The molecule has 8 heteroatoms. The summed E-state index contributed by atoms with van der Waals surface area (Å²) in [4.78, 5) is 16.4. The average Bonchev–Trinajstić information content (AvgIpc) is 3.17. The molecule has 1 atom stereocenters. The number of rotatable bonds is 5. The van der Waals surface area contributed by atoms with Crippen LogP contribution in [0, 0.1) is 6.92 Å². The van der Waals surface area contributed by atoms with E-state index >= 15 is 0 Å². The molecule has 1 amide bonds. The van der Waals surface area contributed by atoms with Gasteiger partial charge in [0.15, 0.2) is 6.61 Å². The Kier molecular flexibility index (Phi) is 5.95. The van der Waals surface area contributed by atoms with Crippen molar-refractivity contribution in [3.05, 3.63) is 41.5 Å². The first kappa shape index (κ1) is 17.2. The zero-order chi connectivity index (χ0) is 15.4. The first-order chi connectivity index (χ1) is 10.7. The Bertz CT molecular complexity index is 656. The van der Waals surface area contributed by atoms with Crippen molar-refractivity contribution in [2.24, 2.45) is 0 Å². The lowest BCUT2D eigenvalue weighted by atomic mass is 10.1. The maximum atomic E-state index is 12.4. The number of para-hydroxylation sites is 1. The topological polar surface area (TPSA) is 89.3 Å². The van der Waals surface area contributed by atoms with E-state index in [9.17, 15) is 4.79 Å². The standard InChI is InChI=1S/C15H18N4O3.ClH/c1-10-17-14(19-22-10)9-21-13-5-3-2-4-12(13)15(20)18-11-6-7-16-8-11;/h2-5,11,16H,6-9H2,1H3,(H,18,20);1H. The van der Waals surface area contributed by atoms with Gasteiger partial charge in [-0.2, -0.15) is 4.98 Å². The van der Waals surface area contributed by atoms with E-state index < -0.39 is 0 Å². The van der Waals surface area contributed by atoms with Crippen molar-refractivity contribution in [2.75, 3.05) is 13.1 Å². The molecule has 3 rings (SSSR count). The molecule has 23 heavy (non-hydrogen) atoms. The number of carbonyl (C=O) groups is 1. The summed E-state index contributed by atoms with van der Waals surface area (Å²) in [5.41, 5.74) is 0.509. The summed E-state index contributed by atoms with van der Waals surface area (Å²) in [6.45, 7) is 3.61. The van der Waals surface area contributed by atoms with Gasteiger partial charge >= 0.3 is 0 Å². The largest absolute Gasteiger partial charge is 0.485 e. The Morgan fingerprint density at radius 2 is 2.30 bits per heavy atom. The monoisotopic (exact) mass is 338 g/mol. The summed E-state index contributed by atoms with van der Waals surface area (Å²) in [6.07, 6.45) is 0.941. The number of nitrogens with one attached hydrogen (secondary N) is 2. The third-order valence-corrected chi connectivity index (χ3v) is 3.45. The van der Waals surface area contributed by atoms with Crippen LogP contribution in [0.2, 0.25) is 0 Å². The molecule has 7 nitrogen and oxygen atoms in total. The van der Waals surface area contributed by atoms with Crippen LogP contribution >= 0.6 is 12.4 Å². The van der Waals surface area contributed by atoms with Crippen molar-refractivity contribution < 1.29 is 14.1 Å². The maximum absolute atomic E-state index is 12.4. The van der Waals surface area contributed by atoms with Gasteiger partial charge in [-0.1, -0.05) is 17.3 Å². The molecule has 2 heterocycles. The highest BCUT2D eigenvalue weighted by Crippen LogP contribution is 2.19. The van der Waals surface area contributed by atoms with E-state index in [1.807, 2.05) is 12.1 Å². The van der Waals surface area contributed by atoms with Gasteiger partial charge in [-0.05, 0) is 25.1 Å². The van der Waals surface area contributed by atoms with Crippen LogP contribution in [0.4, 0.5) is 0 Å². The lowest BCUT2D eigenvalue weighted by molar-refractivity contribution is 0.0935. The van der Waals surface area contributed by atoms with Gasteiger partial charge in [0.2, 0.25) is 11.7 Å². The number of halogens is 1. The number of carbonyl (C=O) groups excluding carboxylic acids is 1. The van der Waals surface area contributed by atoms with Crippen LogP contribution in [0.1, 0.15) is 28.5 Å². The van der Waals surface area contributed by atoms with Crippen molar-refractivity contribution in [1.29, 1.82) is 0 Å². The van der Waals surface area contributed by atoms with Gasteiger partial charge in [0.05, 0.1) is 5.56 Å². The molecule has 1 aliphatic rings. The first-order valence-electron chi connectivity index (χ1n) is 7.25. The van der Waals surface area contributed by atoms with E-state index in [-0.39, 0.29) is 31.0 Å². The van der Waals surface area contributed by atoms with Gasteiger partial charge in [-0.25, -0.2) is 0 Å². The fraction of sp³-hybridized carbons (Fsp3) is 0.400. The molecule has 0 aliphatic carbocycles. The van der Waals surface area contributed by atoms with Crippen molar-refractivity contribution in [1.82, 2.24) is 20.8 Å². The molecule has 0 bridgehead atoms. The number of benzene rings is 1. The minimum Gasteiger partial charge on any atom is -0.485 e. The van der Waals surface area contributed by atoms with Crippen LogP contribution in [-0.2, 0) is 6.61 Å². The van der Waals surface area contributed by atoms with Crippen molar-refractivity contribution >= 4 is 18.3 Å². The fourth-order valence-corrected chi connectivity index (χ4v) is 2.36. The van der Waals surface area contributed by atoms with Crippen LogP contribution in [0.25, 0.3) is 0 Å². The molecule has 124 valence electrons. The Balaban J connectivity index is 0.00000192. The zero-order valence-electron chi connectivity index (χ0n) is 12.7. The lowest BCUT2D eigenvalue weighted by Gasteiger charge is -2.14. The van der Waals surface area contributed by atoms with Crippen LogP contribution in [0.15, 0.2) is 28.8 Å².